The number of hydrogen-bond acceptors (Lipinski definition) is 4. The molecule has 144 valence electrons. The van der Waals surface area contributed by atoms with Gasteiger partial charge in [0.15, 0.2) is 0 Å². The van der Waals surface area contributed by atoms with Crippen molar-refractivity contribution in [2.24, 2.45) is 5.92 Å². The molecule has 1 amide bonds. The largest absolute Gasteiger partial charge is 0.492 e. The maximum absolute atomic E-state index is 12.8. The van der Waals surface area contributed by atoms with E-state index < -0.39 is 0 Å². The van der Waals surface area contributed by atoms with E-state index in [2.05, 4.69) is 18.9 Å². The lowest BCUT2D eigenvalue weighted by Gasteiger charge is -2.16. The van der Waals surface area contributed by atoms with Gasteiger partial charge in [0.25, 0.3) is 5.91 Å². The van der Waals surface area contributed by atoms with Crippen molar-refractivity contribution < 1.29 is 9.53 Å². The molecule has 0 aliphatic rings. The fourth-order valence-electron chi connectivity index (χ4n) is 2.98. The number of fused-ring (bicyclic) bond motifs is 1. The Morgan fingerprint density at radius 1 is 1.30 bits per heavy atom. The van der Waals surface area contributed by atoms with Gasteiger partial charge in [0, 0.05) is 19.0 Å². The minimum absolute atomic E-state index is 0.0274. The number of ether oxygens (including phenoxy) is 1. The van der Waals surface area contributed by atoms with Gasteiger partial charge in [0.05, 0.1) is 17.1 Å². The highest BCUT2D eigenvalue weighted by Gasteiger charge is 2.19. The minimum atomic E-state index is 0.0274. The van der Waals surface area contributed by atoms with Crippen LogP contribution in [0.5, 0.6) is 5.75 Å². The Morgan fingerprint density at radius 3 is 2.78 bits per heavy atom. The van der Waals surface area contributed by atoms with E-state index in [1.165, 1.54) is 11.3 Å². The van der Waals surface area contributed by atoms with E-state index in [9.17, 15) is 4.79 Å². The highest BCUT2D eigenvalue weighted by Crippen LogP contribution is 2.29. The van der Waals surface area contributed by atoms with Crippen LogP contribution in [0.15, 0.2) is 30.3 Å². The summed E-state index contributed by atoms with van der Waals surface area (Å²) in [6.45, 7) is 10.2. The van der Waals surface area contributed by atoms with Gasteiger partial charge in [-0.3, -0.25) is 9.48 Å². The van der Waals surface area contributed by atoms with Gasteiger partial charge in [0.1, 0.15) is 17.2 Å². The van der Waals surface area contributed by atoms with Crippen molar-refractivity contribution in [1.29, 1.82) is 0 Å². The van der Waals surface area contributed by atoms with Crippen LogP contribution >= 0.6 is 11.3 Å². The Labute approximate surface area is 164 Å². The zero-order valence-corrected chi connectivity index (χ0v) is 17.5. The number of hydrogen-bond donors (Lipinski definition) is 0. The summed E-state index contributed by atoms with van der Waals surface area (Å²) in [6, 6.07) is 9.91. The van der Waals surface area contributed by atoms with E-state index in [1.807, 2.05) is 55.9 Å². The number of carbonyl (C=O) groups excluding carboxylic acids is 1. The lowest BCUT2D eigenvalue weighted by atomic mass is 10.2. The van der Waals surface area contributed by atoms with Crippen molar-refractivity contribution in [3.63, 3.8) is 0 Å². The van der Waals surface area contributed by atoms with Crippen molar-refractivity contribution in [3.8, 4) is 5.75 Å². The van der Waals surface area contributed by atoms with E-state index in [1.54, 1.807) is 4.90 Å². The third kappa shape index (κ3) is 4.50. The Balaban J connectivity index is 1.65. The molecular weight excluding hydrogens is 358 g/mol. The molecule has 3 aromatic rings. The second-order valence-electron chi connectivity index (χ2n) is 7.38. The smallest absolute Gasteiger partial charge is 0.263 e. The molecule has 0 saturated carbocycles. The number of amides is 1. The molecule has 0 radical (unpaired) electrons. The van der Waals surface area contributed by atoms with Crippen LogP contribution in [0.2, 0.25) is 0 Å². The maximum atomic E-state index is 12.8. The molecule has 2 heterocycles. The van der Waals surface area contributed by atoms with E-state index >= 15 is 0 Å². The standard InChI is InChI=1S/C21H27N3O2S/c1-14(2)13-24-21-18(16(4)22-24)12-19(27-21)20(25)23(5)9-10-26-17-8-6-7-15(3)11-17/h6-8,11-12,14H,9-10,13H2,1-5H3. The normalized spacial score (nSPS) is 11.3. The zero-order valence-electron chi connectivity index (χ0n) is 16.7. The summed E-state index contributed by atoms with van der Waals surface area (Å²) in [5.41, 5.74) is 2.14. The van der Waals surface area contributed by atoms with Gasteiger partial charge >= 0.3 is 0 Å². The Hall–Kier alpha value is -2.34. The quantitative estimate of drug-likeness (QED) is 0.601. The molecule has 2 aromatic heterocycles. The number of aromatic nitrogens is 2. The minimum Gasteiger partial charge on any atom is -0.492 e. The number of benzene rings is 1. The van der Waals surface area contributed by atoms with Gasteiger partial charge in [-0.2, -0.15) is 5.10 Å². The van der Waals surface area contributed by atoms with Crippen LogP contribution in [0.3, 0.4) is 0 Å². The SMILES string of the molecule is Cc1cccc(OCCN(C)C(=O)c2cc3c(C)nn(CC(C)C)c3s2)c1. The molecule has 0 aliphatic heterocycles. The van der Waals surface area contributed by atoms with Crippen LogP contribution in [-0.4, -0.2) is 40.8 Å². The average Bonchev–Trinajstić information content (AvgIpc) is 3.15. The summed E-state index contributed by atoms with van der Waals surface area (Å²) in [4.78, 5) is 16.4. The predicted molar refractivity (Wildman–Crippen MR) is 111 cm³/mol. The first-order chi connectivity index (χ1) is 12.8. The van der Waals surface area contributed by atoms with E-state index in [-0.39, 0.29) is 5.91 Å². The zero-order chi connectivity index (χ0) is 19.6. The molecule has 0 saturated heterocycles. The van der Waals surface area contributed by atoms with Gasteiger partial charge in [-0.25, -0.2) is 0 Å². The second kappa shape index (κ2) is 8.13. The van der Waals surface area contributed by atoms with Crippen LogP contribution in [-0.2, 0) is 6.54 Å². The van der Waals surface area contributed by atoms with Crippen molar-refractivity contribution in [1.82, 2.24) is 14.7 Å². The highest BCUT2D eigenvalue weighted by molar-refractivity contribution is 7.20. The summed E-state index contributed by atoms with van der Waals surface area (Å²) in [5, 5.41) is 5.68. The molecule has 3 rings (SSSR count). The molecule has 0 N–H and O–H groups in total. The number of nitrogens with zero attached hydrogens (tertiary/aromatic N) is 3. The van der Waals surface area contributed by atoms with Crippen LogP contribution in [0, 0.1) is 19.8 Å². The van der Waals surface area contributed by atoms with E-state index in [4.69, 9.17) is 4.74 Å². The van der Waals surface area contributed by atoms with Crippen molar-refractivity contribution in [2.75, 3.05) is 20.2 Å². The van der Waals surface area contributed by atoms with E-state index in [0.29, 0.717) is 19.1 Å². The molecule has 0 spiro atoms. The second-order valence-corrected chi connectivity index (χ2v) is 8.41. The molecule has 27 heavy (non-hydrogen) atoms. The Bertz CT molecular complexity index is 942. The van der Waals surface area contributed by atoms with Crippen LogP contribution in [0.25, 0.3) is 10.2 Å². The van der Waals surface area contributed by atoms with Gasteiger partial charge in [-0.05, 0) is 43.5 Å². The average molecular weight is 386 g/mol. The van der Waals surface area contributed by atoms with Gasteiger partial charge < -0.3 is 9.64 Å². The first-order valence-electron chi connectivity index (χ1n) is 9.27. The summed E-state index contributed by atoms with van der Waals surface area (Å²) in [5.74, 6) is 1.37. The summed E-state index contributed by atoms with van der Waals surface area (Å²) < 4.78 is 7.79. The van der Waals surface area contributed by atoms with E-state index in [0.717, 1.165) is 38.6 Å². The van der Waals surface area contributed by atoms with Crippen LogP contribution in [0.1, 0.15) is 34.8 Å². The molecule has 0 aliphatic carbocycles. The van der Waals surface area contributed by atoms with Crippen molar-refractivity contribution >= 4 is 27.5 Å². The van der Waals surface area contributed by atoms with Crippen LogP contribution in [0.4, 0.5) is 0 Å². The Kier molecular flexibility index (Phi) is 5.85. The molecule has 5 nitrogen and oxygen atoms in total. The molecule has 0 unspecified atom stereocenters. The lowest BCUT2D eigenvalue weighted by molar-refractivity contribution is 0.0778. The topological polar surface area (TPSA) is 47.4 Å². The van der Waals surface area contributed by atoms with Crippen molar-refractivity contribution in [2.45, 2.75) is 34.2 Å². The monoisotopic (exact) mass is 385 g/mol. The first kappa shape index (κ1) is 19.4. The highest BCUT2D eigenvalue weighted by atomic mass is 32.1. The fourth-order valence-corrected chi connectivity index (χ4v) is 4.15. The molecule has 0 atom stereocenters. The third-order valence-corrected chi connectivity index (χ3v) is 5.52. The van der Waals surface area contributed by atoms with Crippen LogP contribution < -0.4 is 4.74 Å². The third-order valence-electron chi connectivity index (χ3n) is 4.39. The first-order valence-corrected chi connectivity index (χ1v) is 10.1. The number of thiophene rings is 1. The van der Waals surface area contributed by atoms with Gasteiger partial charge in [0.2, 0.25) is 0 Å². The molecule has 0 bridgehead atoms. The molecule has 1 aromatic carbocycles. The number of carbonyl (C=O) groups is 1. The number of aryl methyl sites for hydroxylation is 2. The predicted octanol–water partition coefficient (Wildman–Crippen LogP) is 4.52. The number of rotatable bonds is 7. The molecular formula is C21H27N3O2S. The summed E-state index contributed by atoms with van der Waals surface area (Å²) in [6.07, 6.45) is 0. The summed E-state index contributed by atoms with van der Waals surface area (Å²) in [7, 11) is 1.82. The molecule has 6 heteroatoms. The maximum Gasteiger partial charge on any atom is 0.263 e. The molecule has 0 fully saturated rings. The van der Waals surface area contributed by atoms with Gasteiger partial charge in [-0.1, -0.05) is 26.0 Å². The number of likely N-dealkylation sites (N-methyl/N-ethyl adjacent to an activating group) is 1. The van der Waals surface area contributed by atoms with Gasteiger partial charge in [-0.15, -0.1) is 11.3 Å². The Morgan fingerprint density at radius 2 is 2.07 bits per heavy atom. The van der Waals surface area contributed by atoms with Crippen molar-refractivity contribution in [3.05, 3.63) is 46.5 Å². The fraction of sp³-hybridized carbons (Fsp3) is 0.429. The lowest BCUT2D eigenvalue weighted by Crippen LogP contribution is -2.30. The summed E-state index contributed by atoms with van der Waals surface area (Å²) >= 11 is 1.52.